The summed E-state index contributed by atoms with van der Waals surface area (Å²) in [5.74, 6) is 0.383. The number of carbonyl (C=O) groups excluding carboxylic acids is 2. The number of anilines is 2. The average Bonchev–Trinajstić information content (AvgIpc) is 2.59. The van der Waals surface area contributed by atoms with Crippen molar-refractivity contribution in [2.45, 2.75) is 20.3 Å². The van der Waals surface area contributed by atoms with Crippen molar-refractivity contribution in [3.05, 3.63) is 54.1 Å². The third kappa shape index (κ3) is 4.59. The van der Waals surface area contributed by atoms with Crippen LogP contribution in [0.5, 0.6) is 5.75 Å². The van der Waals surface area contributed by atoms with Gasteiger partial charge in [0.25, 0.3) is 5.91 Å². The van der Waals surface area contributed by atoms with Gasteiger partial charge >= 0.3 is 0 Å². The van der Waals surface area contributed by atoms with Crippen LogP contribution in [0.3, 0.4) is 0 Å². The van der Waals surface area contributed by atoms with Crippen LogP contribution in [0.1, 0.15) is 30.6 Å². The molecule has 1 N–H and O–H groups in total. The number of nitrogens with zero attached hydrogens (tertiary/aromatic N) is 1. The van der Waals surface area contributed by atoms with Crippen LogP contribution >= 0.6 is 0 Å². The lowest BCUT2D eigenvalue weighted by Gasteiger charge is -2.16. The molecule has 2 rings (SSSR count). The van der Waals surface area contributed by atoms with Crippen LogP contribution in [0.15, 0.2) is 48.5 Å². The van der Waals surface area contributed by atoms with E-state index in [9.17, 15) is 9.59 Å². The molecular formula is C19H22N2O3. The number of carbonyl (C=O) groups is 2. The summed E-state index contributed by atoms with van der Waals surface area (Å²) in [6.45, 7) is 4.14. The number of benzene rings is 2. The Morgan fingerprint density at radius 3 is 2.58 bits per heavy atom. The second-order valence-electron chi connectivity index (χ2n) is 5.46. The molecule has 24 heavy (non-hydrogen) atoms. The highest BCUT2D eigenvalue weighted by atomic mass is 16.5. The van der Waals surface area contributed by atoms with E-state index in [4.69, 9.17) is 4.74 Å². The van der Waals surface area contributed by atoms with Crippen molar-refractivity contribution in [3.63, 3.8) is 0 Å². The third-order valence-corrected chi connectivity index (χ3v) is 3.53. The van der Waals surface area contributed by atoms with Crippen molar-refractivity contribution in [2.75, 3.05) is 23.9 Å². The fraction of sp³-hybridized carbons (Fsp3) is 0.263. The molecule has 0 bridgehead atoms. The SMILES string of the molecule is CCCOc1cccc(C(=O)Nc2cccc(N(C)C(C)=O)c2)c1. The summed E-state index contributed by atoms with van der Waals surface area (Å²) in [5.41, 5.74) is 1.87. The molecule has 0 aromatic heterocycles. The summed E-state index contributed by atoms with van der Waals surface area (Å²) in [6.07, 6.45) is 0.910. The normalized spacial score (nSPS) is 10.1. The molecule has 0 saturated heterocycles. The van der Waals surface area contributed by atoms with E-state index in [1.165, 1.54) is 11.8 Å². The smallest absolute Gasteiger partial charge is 0.255 e. The summed E-state index contributed by atoms with van der Waals surface area (Å²) < 4.78 is 5.55. The Hall–Kier alpha value is -2.82. The summed E-state index contributed by atoms with van der Waals surface area (Å²) in [4.78, 5) is 25.4. The second-order valence-corrected chi connectivity index (χ2v) is 5.46. The summed E-state index contributed by atoms with van der Waals surface area (Å²) in [6, 6.07) is 14.2. The molecular weight excluding hydrogens is 304 g/mol. The minimum atomic E-state index is -0.223. The third-order valence-electron chi connectivity index (χ3n) is 3.53. The maximum absolute atomic E-state index is 12.4. The van der Waals surface area contributed by atoms with E-state index in [0.717, 1.165) is 12.1 Å². The summed E-state index contributed by atoms with van der Waals surface area (Å²) in [5, 5.41) is 2.84. The molecule has 0 spiro atoms. The van der Waals surface area contributed by atoms with Gasteiger partial charge in [0.05, 0.1) is 6.61 Å². The van der Waals surface area contributed by atoms with Gasteiger partial charge in [-0.2, -0.15) is 0 Å². The van der Waals surface area contributed by atoms with Gasteiger partial charge in [-0.3, -0.25) is 9.59 Å². The van der Waals surface area contributed by atoms with Gasteiger partial charge in [0.1, 0.15) is 5.75 Å². The largest absolute Gasteiger partial charge is 0.494 e. The van der Waals surface area contributed by atoms with E-state index in [1.54, 1.807) is 43.4 Å². The van der Waals surface area contributed by atoms with Crippen molar-refractivity contribution in [1.82, 2.24) is 0 Å². The lowest BCUT2D eigenvalue weighted by molar-refractivity contribution is -0.116. The predicted molar refractivity (Wildman–Crippen MR) is 95.7 cm³/mol. The number of nitrogens with one attached hydrogen (secondary N) is 1. The number of hydrogen-bond donors (Lipinski definition) is 1. The topological polar surface area (TPSA) is 58.6 Å². The molecule has 0 heterocycles. The van der Waals surface area contributed by atoms with E-state index >= 15 is 0 Å². The van der Waals surface area contributed by atoms with Crippen LogP contribution in [-0.2, 0) is 4.79 Å². The van der Waals surface area contributed by atoms with Crippen molar-refractivity contribution in [3.8, 4) is 5.75 Å². The zero-order valence-corrected chi connectivity index (χ0v) is 14.2. The zero-order chi connectivity index (χ0) is 17.5. The van der Waals surface area contributed by atoms with Gasteiger partial charge in [0.2, 0.25) is 5.91 Å². The molecule has 5 nitrogen and oxygen atoms in total. The van der Waals surface area contributed by atoms with Gasteiger partial charge in [0.15, 0.2) is 0 Å². The molecule has 0 aliphatic heterocycles. The molecule has 126 valence electrons. The van der Waals surface area contributed by atoms with E-state index in [-0.39, 0.29) is 11.8 Å². The molecule has 0 unspecified atom stereocenters. The van der Waals surface area contributed by atoms with E-state index in [0.29, 0.717) is 23.6 Å². The Kier molecular flexibility index (Phi) is 5.95. The lowest BCUT2D eigenvalue weighted by Crippen LogP contribution is -2.23. The minimum Gasteiger partial charge on any atom is -0.494 e. The molecule has 2 amide bonds. The zero-order valence-electron chi connectivity index (χ0n) is 14.2. The fourth-order valence-electron chi connectivity index (χ4n) is 2.12. The van der Waals surface area contributed by atoms with Crippen LogP contribution in [0.25, 0.3) is 0 Å². The highest BCUT2D eigenvalue weighted by Gasteiger charge is 2.10. The molecule has 0 fully saturated rings. The fourth-order valence-corrected chi connectivity index (χ4v) is 2.12. The Morgan fingerprint density at radius 1 is 1.12 bits per heavy atom. The first-order valence-electron chi connectivity index (χ1n) is 7.90. The molecule has 2 aromatic carbocycles. The number of amides is 2. The molecule has 0 atom stereocenters. The van der Waals surface area contributed by atoms with E-state index in [2.05, 4.69) is 5.32 Å². The number of ether oxygens (including phenoxy) is 1. The molecule has 0 aliphatic carbocycles. The summed E-state index contributed by atoms with van der Waals surface area (Å²) in [7, 11) is 1.69. The summed E-state index contributed by atoms with van der Waals surface area (Å²) >= 11 is 0. The first-order valence-corrected chi connectivity index (χ1v) is 7.90. The molecule has 2 aromatic rings. The predicted octanol–water partition coefficient (Wildman–Crippen LogP) is 3.71. The molecule has 5 heteroatoms. The Labute approximate surface area is 142 Å². The first kappa shape index (κ1) is 17.5. The van der Waals surface area contributed by atoms with Gasteiger partial charge in [-0.15, -0.1) is 0 Å². The van der Waals surface area contributed by atoms with Crippen molar-refractivity contribution in [2.24, 2.45) is 0 Å². The van der Waals surface area contributed by atoms with Crippen LogP contribution in [0.2, 0.25) is 0 Å². The number of hydrogen-bond acceptors (Lipinski definition) is 3. The monoisotopic (exact) mass is 326 g/mol. The van der Waals surface area contributed by atoms with E-state index < -0.39 is 0 Å². The quantitative estimate of drug-likeness (QED) is 0.880. The minimum absolute atomic E-state index is 0.0701. The highest BCUT2D eigenvalue weighted by Crippen LogP contribution is 2.20. The van der Waals surface area contributed by atoms with Crippen LogP contribution in [-0.4, -0.2) is 25.5 Å². The molecule has 0 aliphatic rings. The molecule has 0 saturated carbocycles. The Balaban J connectivity index is 2.12. The van der Waals surface area contributed by atoms with Crippen molar-refractivity contribution in [1.29, 1.82) is 0 Å². The average molecular weight is 326 g/mol. The van der Waals surface area contributed by atoms with Gasteiger partial charge in [-0.1, -0.05) is 19.1 Å². The van der Waals surface area contributed by atoms with Crippen LogP contribution < -0.4 is 15.0 Å². The van der Waals surface area contributed by atoms with Crippen LogP contribution in [0, 0.1) is 0 Å². The molecule has 0 radical (unpaired) electrons. The van der Waals surface area contributed by atoms with Gasteiger partial charge in [-0.05, 0) is 42.8 Å². The van der Waals surface area contributed by atoms with Crippen molar-refractivity contribution < 1.29 is 14.3 Å². The highest BCUT2D eigenvalue weighted by molar-refractivity contribution is 6.05. The van der Waals surface area contributed by atoms with E-state index in [1.807, 2.05) is 19.1 Å². The van der Waals surface area contributed by atoms with Gasteiger partial charge in [0, 0.05) is 30.9 Å². The number of rotatable bonds is 6. The Morgan fingerprint density at radius 2 is 1.88 bits per heavy atom. The standard InChI is InChI=1S/C19H22N2O3/c1-4-11-24-18-10-5-7-15(12-18)19(23)20-16-8-6-9-17(13-16)21(3)14(2)22/h5-10,12-13H,4,11H2,1-3H3,(H,20,23). The Bertz CT molecular complexity index is 728. The second kappa shape index (κ2) is 8.15. The van der Waals surface area contributed by atoms with Gasteiger partial charge < -0.3 is 15.0 Å². The maximum atomic E-state index is 12.4. The van der Waals surface area contributed by atoms with Crippen LogP contribution in [0.4, 0.5) is 11.4 Å². The lowest BCUT2D eigenvalue weighted by atomic mass is 10.2. The first-order chi connectivity index (χ1) is 11.5. The van der Waals surface area contributed by atoms with Crippen molar-refractivity contribution >= 4 is 23.2 Å². The maximum Gasteiger partial charge on any atom is 0.255 e. The van der Waals surface area contributed by atoms with Gasteiger partial charge in [-0.25, -0.2) is 0 Å².